The molecule has 0 spiro atoms. The SMILES string of the molecule is COc1ccc(Cn2nc(NC3CCCCC3)c3c(Oc4ccc(CC(=O)CC(C)C)cc4)ccnc32)cc1. The van der Waals surface area contributed by atoms with Gasteiger partial charge in [-0.3, -0.25) is 4.79 Å². The average molecular weight is 527 g/mol. The van der Waals surface area contributed by atoms with E-state index in [0.717, 1.165) is 46.6 Å². The maximum absolute atomic E-state index is 12.3. The van der Waals surface area contributed by atoms with Gasteiger partial charge in [0.05, 0.1) is 13.7 Å². The number of fused-ring (bicyclic) bond motifs is 1. The molecule has 0 saturated heterocycles. The molecule has 2 aromatic heterocycles. The van der Waals surface area contributed by atoms with Gasteiger partial charge >= 0.3 is 0 Å². The molecular formula is C32H38N4O3. The third-order valence-corrected chi connectivity index (χ3v) is 7.22. The number of rotatable bonds is 11. The fourth-order valence-electron chi connectivity index (χ4n) is 5.27. The Hall–Kier alpha value is -3.87. The molecule has 0 aliphatic heterocycles. The summed E-state index contributed by atoms with van der Waals surface area (Å²) in [5, 5.41) is 9.58. The first-order valence-corrected chi connectivity index (χ1v) is 14.0. The number of carbonyl (C=O) groups excluding carboxylic acids is 1. The Morgan fingerprint density at radius 1 is 0.974 bits per heavy atom. The Morgan fingerprint density at radius 3 is 2.36 bits per heavy atom. The van der Waals surface area contributed by atoms with Crippen LogP contribution < -0.4 is 14.8 Å². The normalized spacial score (nSPS) is 14.1. The number of benzene rings is 2. The number of anilines is 1. The Kier molecular flexibility index (Phi) is 8.45. The van der Waals surface area contributed by atoms with Crippen molar-refractivity contribution >= 4 is 22.6 Å². The number of Topliss-reactive ketones (excluding diaryl/α,β-unsaturated/α-hetero) is 1. The lowest BCUT2D eigenvalue weighted by molar-refractivity contribution is -0.119. The zero-order valence-corrected chi connectivity index (χ0v) is 23.2. The number of methoxy groups -OCH3 is 1. The van der Waals surface area contributed by atoms with Crippen LogP contribution in [0.5, 0.6) is 17.2 Å². The van der Waals surface area contributed by atoms with E-state index >= 15 is 0 Å². The predicted octanol–water partition coefficient (Wildman–Crippen LogP) is 7.18. The molecule has 4 aromatic rings. The molecule has 7 nitrogen and oxygen atoms in total. The lowest BCUT2D eigenvalue weighted by Crippen LogP contribution is -2.22. The second-order valence-electron chi connectivity index (χ2n) is 10.9. The summed E-state index contributed by atoms with van der Waals surface area (Å²) in [6.07, 6.45) is 8.86. The average Bonchev–Trinajstić information content (AvgIpc) is 3.28. The van der Waals surface area contributed by atoms with Crippen molar-refractivity contribution in [3.63, 3.8) is 0 Å². The first-order valence-electron chi connectivity index (χ1n) is 14.0. The number of ketones is 1. The zero-order chi connectivity index (χ0) is 27.2. The second-order valence-corrected chi connectivity index (χ2v) is 10.9. The number of pyridine rings is 1. The summed E-state index contributed by atoms with van der Waals surface area (Å²) >= 11 is 0. The Bertz CT molecular complexity index is 1390. The van der Waals surface area contributed by atoms with Gasteiger partial charge in [-0.05, 0) is 54.2 Å². The van der Waals surface area contributed by atoms with Crippen LogP contribution in [0.4, 0.5) is 5.82 Å². The maximum Gasteiger partial charge on any atom is 0.164 e. The van der Waals surface area contributed by atoms with Crippen LogP contribution in [-0.2, 0) is 17.8 Å². The molecule has 1 aliphatic rings. The van der Waals surface area contributed by atoms with Crippen molar-refractivity contribution in [2.45, 2.75) is 71.4 Å². The van der Waals surface area contributed by atoms with E-state index < -0.39 is 0 Å². The van der Waals surface area contributed by atoms with E-state index in [1.54, 1.807) is 13.3 Å². The van der Waals surface area contributed by atoms with Gasteiger partial charge in [0.25, 0.3) is 0 Å². The smallest absolute Gasteiger partial charge is 0.164 e. The number of nitrogens with zero attached hydrogens (tertiary/aromatic N) is 3. The van der Waals surface area contributed by atoms with Crippen molar-refractivity contribution < 1.29 is 14.3 Å². The summed E-state index contributed by atoms with van der Waals surface area (Å²) in [7, 11) is 1.67. The first kappa shape index (κ1) is 26.7. The maximum atomic E-state index is 12.3. The van der Waals surface area contributed by atoms with Gasteiger partial charge in [0, 0.05) is 31.1 Å². The second kappa shape index (κ2) is 12.3. The van der Waals surface area contributed by atoms with E-state index in [2.05, 4.69) is 19.2 Å². The molecule has 7 heteroatoms. The van der Waals surface area contributed by atoms with E-state index in [1.165, 1.54) is 19.3 Å². The number of ether oxygens (including phenoxy) is 2. The largest absolute Gasteiger partial charge is 0.497 e. The van der Waals surface area contributed by atoms with E-state index in [1.807, 2.05) is 59.3 Å². The van der Waals surface area contributed by atoms with Gasteiger partial charge in [-0.1, -0.05) is 57.4 Å². The van der Waals surface area contributed by atoms with Crippen LogP contribution >= 0.6 is 0 Å². The highest BCUT2D eigenvalue weighted by molar-refractivity contribution is 5.93. The molecule has 1 N–H and O–H groups in total. The summed E-state index contributed by atoms with van der Waals surface area (Å²) in [6.45, 7) is 4.73. The fourth-order valence-corrected chi connectivity index (χ4v) is 5.27. The molecule has 5 rings (SSSR count). The van der Waals surface area contributed by atoms with Crippen molar-refractivity contribution in [3.05, 3.63) is 71.9 Å². The summed E-state index contributed by atoms with van der Waals surface area (Å²) in [4.78, 5) is 17.0. The quantitative estimate of drug-likeness (QED) is 0.223. The summed E-state index contributed by atoms with van der Waals surface area (Å²) < 4.78 is 13.7. The first-order chi connectivity index (χ1) is 19.0. The molecule has 2 aromatic carbocycles. The van der Waals surface area contributed by atoms with E-state index in [-0.39, 0.29) is 5.78 Å². The Morgan fingerprint density at radius 2 is 1.67 bits per heavy atom. The number of hydrogen-bond donors (Lipinski definition) is 1. The third-order valence-electron chi connectivity index (χ3n) is 7.22. The van der Waals surface area contributed by atoms with Gasteiger partial charge in [0.15, 0.2) is 11.5 Å². The lowest BCUT2D eigenvalue weighted by atomic mass is 9.95. The van der Waals surface area contributed by atoms with E-state index in [4.69, 9.17) is 19.6 Å². The monoisotopic (exact) mass is 526 g/mol. The number of nitrogens with one attached hydrogen (secondary N) is 1. The topological polar surface area (TPSA) is 78.3 Å². The molecule has 0 radical (unpaired) electrons. The van der Waals surface area contributed by atoms with Gasteiger partial charge in [-0.15, -0.1) is 0 Å². The molecule has 0 amide bonds. The van der Waals surface area contributed by atoms with Gasteiger partial charge in [-0.25, -0.2) is 9.67 Å². The fraction of sp³-hybridized carbons (Fsp3) is 0.406. The number of aromatic nitrogens is 3. The molecular weight excluding hydrogens is 488 g/mol. The Labute approximate surface area is 230 Å². The minimum absolute atomic E-state index is 0.261. The summed E-state index contributed by atoms with van der Waals surface area (Å²) in [5.41, 5.74) is 2.89. The molecule has 0 bridgehead atoms. The number of carbonyl (C=O) groups is 1. The van der Waals surface area contributed by atoms with Crippen LogP contribution in [0.3, 0.4) is 0 Å². The highest BCUT2D eigenvalue weighted by atomic mass is 16.5. The Balaban J connectivity index is 1.43. The predicted molar refractivity (Wildman–Crippen MR) is 155 cm³/mol. The third kappa shape index (κ3) is 6.77. The van der Waals surface area contributed by atoms with Crippen molar-refractivity contribution in [1.82, 2.24) is 14.8 Å². The standard InChI is InChI=1S/C32H38N4O3/c1-22(2)19-26(37)20-23-9-15-28(16-10-23)39-29-17-18-33-32-30(29)31(34-25-7-5-4-6-8-25)35-36(32)21-24-11-13-27(38-3)14-12-24/h9-18,22,25H,4-8,19-21H2,1-3H3,(H,34,35). The van der Waals surface area contributed by atoms with Crippen LogP contribution in [0.1, 0.15) is 63.5 Å². The van der Waals surface area contributed by atoms with Gasteiger partial charge in [0.1, 0.15) is 28.4 Å². The van der Waals surface area contributed by atoms with Gasteiger partial charge in [-0.2, -0.15) is 5.10 Å². The molecule has 0 atom stereocenters. The molecule has 1 saturated carbocycles. The molecule has 1 fully saturated rings. The summed E-state index contributed by atoms with van der Waals surface area (Å²) in [6, 6.07) is 18.1. The van der Waals surface area contributed by atoms with E-state index in [0.29, 0.717) is 42.8 Å². The van der Waals surface area contributed by atoms with Crippen molar-refractivity contribution in [3.8, 4) is 17.2 Å². The summed E-state index contributed by atoms with van der Waals surface area (Å²) in [5.74, 6) is 3.70. The van der Waals surface area contributed by atoms with Crippen LogP contribution in [0.15, 0.2) is 60.8 Å². The molecule has 204 valence electrons. The highest BCUT2D eigenvalue weighted by Gasteiger charge is 2.21. The van der Waals surface area contributed by atoms with Crippen molar-refractivity contribution in [1.29, 1.82) is 0 Å². The van der Waals surface area contributed by atoms with Crippen LogP contribution in [0.25, 0.3) is 11.0 Å². The van der Waals surface area contributed by atoms with Crippen LogP contribution in [0.2, 0.25) is 0 Å². The van der Waals surface area contributed by atoms with Crippen molar-refractivity contribution in [2.75, 3.05) is 12.4 Å². The molecule has 39 heavy (non-hydrogen) atoms. The lowest BCUT2D eigenvalue weighted by Gasteiger charge is -2.22. The van der Waals surface area contributed by atoms with Gasteiger partial charge in [0.2, 0.25) is 0 Å². The molecule has 2 heterocycles. The van der Waals surface area contributed by atoms with Gasteiger partial charge < -0.3 is 14.8 Å². The minimum Gasteiger partial charge on any atom is -0.497 e. The molecule has 0 unspecified atom stereocenters. The zero-order valence-electron chi connectivity index (χ0n) is 23.2. The molecule has 1 aliphatic carbocycles. The van der Waals surface area contributed by atoms with Crippen molar-refractivity contribution in [2.24, 2.45) is 5.92 Å². The van der Waals surface area contributed by atoms with E-state index in [9.17, 15) is 4.79 Å². The minimum atomic E-state index is 0.261. The number of hydrogen-bond acceptors (Lipinski definition) is 6. The van der Waals surface area contributed by atoms with Crippen LogP contribution in [0, 0.1) is 5.92 Å². The van der Waals surface area contributed by atoms with Crippen LogP contribution in [-0.4, -0.2) is 33.7 Å². The highest BCUT2D eigenvalue weighted by Crippen LogP contribution is 2.36.